The molecule has 1 atom stereocenters. The summed E-state index contributed by atoms with van der Waals surface area (Å²) in [5, 5.41) is 10.9. The molecule has 0 saturated heterocycles. The minimum absolute atomic E-state index is 0.401. The summed E-state index contributed by atoms with van der Waals surface area (Å²) in [5.74, 6) is 6.58. The van der Waals surface area contributed by atoms with E-state index in [0.717, 1.165) is 6.42 Å². The highest BCUT2D eigenvalue weighted by Crippen LogP contribution is 2.38. The van der Waals surface area contributed by atoms with Gasteiger partial charge in [-0.15, -0.1) is 0 Å². The van der Waals surface area contributed by atoms with Crippen LogP contribution >= 0.6 is 0 Å². The van der Waals surface area contributed by atoms with E-state index in [2.05, 4.69) is 35.7 Å². The van der Waals surface area contributed by atoms with Gasteiger partial charge in [0.2, 0.25) is 0 Å². The first-order valence-corrected chi connectivity index (χ1v) is 6.25. The van der Waals surface area contributed by atoms with Gasteiger partial charge in [0.1, 0.15) is 6.33 Å². The lowest BCUT2D eigenvalue weighted by atomic mass is 9.73. The Bertz CT molecular complexity index is 437. The van der Waals surface area contributed by atoms with Crippen molar-refractivity contribution in [2.24, 2.45) is 11.3 Å². The summed E-state index contributed by atoms with van der Waals surface area (Å²) in [6.07, 6.45) is 5.48. The molecule has 98 valence electrons. The summed E-state index contributed by atoms with van der Waals surface area (Å²) in [5.41, 5.74) is -0.973. The first kappa shape index (κ1) is 14.7. The molecule has 1 unspecified atom stereocenters. The van der Waals surface area contributed by atoms with Crippen LogP contribution in [-0.4, -0.2) is 15.1 Å². The van der Waals surface area contributed by atoms with Gasteiger partial charge in [-0.1, -0.05) is 46.5 Å². The summed E-state index contributed by atoms with van der Waals surface area (Å²) < 4.78 is 0. The standard InChI is InChI=1S/C15H22N2O/c1-12(2)7-6-8-15(18,14(3,4)5)13-9-16-11-17-10-13/h9-12,18H,7H2,1-5H3. The third-order valence-electron chi connectivity index (χ3n) is 2.84. The normalized spacial score (nSPS) is 14.8. The SMILES string of the molecule is CC(C)CC#CC(O)(c1cncnc1)C(C)(C)C. The van der Waals surface area contributed by atoms with Crippen molar-refractivity contribution in [2.45, 2.75) is 46.6 Å². The lowest BCUT2D eigenvalue weighted by Crippen LogP contribution is -2.39. The summed E-state index contributed by atoms with van der Waals surface area (Å²) in [6.45, 7) is 10.1. The molecule has 0 spiro atoms. The smallest absolute Gasteiger partial charge is 0.158 e. The van der Waals surface area contributed by atoms with Gasteiger partial charge < -0.3 is 5.11 Å². The van der Waals surface area contributed by atoms with Crippen LogP contribution in [0, 0.1) is 23.2 Å². The molecule has 0 aliphatic rings. The number of rotatable bonds is 2. The molecule has 1 rings (SSSR count). The maximum Gasteiger partial charge on any atom is 0.158 e. The van der Waals surface area contributed by atoms with Crippen LogP contribution < -0.4 is 0 Å². The van der Waals surface area contributed by atoms with Crippen molar-refractivity contribution in [3.63, 3.8) is 0 Å². The Balaban J connectivity index is 3.15. The Hall–Kier alpha value is -1.40. The maximum atomic E-state index is 10.9. The highest BCUT2D eigenvalue weighted by molar-refractivity contribution is 5.31. The molecule has 0 bridgehead atoms. The van der Waals surface area contributed by atoms with Gasteiger partial charge in [-0.2, -0.15) is 0 Å². The fourth-order valence-corrected chi connectivity index (χ4v) is 1.56. The third kappa shape index (κ3) is 3.30. The Morgan fingerprint density at radius 2 is 1.78 bits per heavy atom. The second-order valence-corrected chi connectivity index (χ2v) is 5.99. The van der Waals surface area contributed by atoms with Crippen molar-refractivity contribution < 1.29 is 5.11 Å². The molecule has 0 saturated carbocycles. The Kier molecular flexibility index (Phi) is 4.48. The van der Waals surface area contributed by atoms with Crippen molar-refractivity contribution >= 4 is 0 Å². The van der Waals surface area contributed by atoms with Gasteiger partial charge in [0.25, 0.3) is 0 Å². The van der Waals surface area contributed by atoms with E-state index < -0.39 is 11.0 Å². The first-order valence-electron chi connectivity index (χ1n) is 6.25. The van der Waals surface area contributed by atoms with Gasteiger partial charge in [-0.25, -0.2) is 9.97 Å². The number of aromatic nitrogens is 2. The molecular weight excluding hydrogens is 224 g/mol. The average molecular weight is 246 g/mol. The topological polar surface area (TPSA) is 46.0 Å². The van der Waals surface area contributed by atoms with Crippen molar-refractivity contribution in [1.29, 1.82) is 0 Å². The van der Waals surface area contributed by atoms with Crippen LogP contribution in [0.2, 0.25) is 0 Å². The predicted octanol–water partition coefficient (Wildman–Crippen LogP) is 2.76. The molecule has 1 aromatic heterocycles. The zero-order valence-corrected chi connectivity index (χ0v) is 11.9. The lowest BCUT2D eigenvalue weighted by Gasteiger charge is -2.35. The molecule has 0 amide bonds. The quantitative estimate of drug-likeness (QED) is 0.816. The van der Waals surface area contributed by atoms with Gasteiger partial charge in [-0.3, -0.25) is 0 Å². The van der Waals surface area contributed by atoms with E-state index >= 15 is 0 Å². The van der Waals surface area contributed by atoms with Crippen molar-refractivity contribution in [1.82, 2.24) is 9.97 Å². The van der Waals surface area contributed by atoms with Crippen LogP contribution in [0.15, 0.2) is 18.7 Å². The van der Waals surface area contributed by atoms with E-state index in [1.54, 1.807) is 12.4 Å². The molecule has 0 aliphatic heterocycles. The zero-order chi connectivity index (χ0) is 13.8. The van der Waals surface area contributed by atoms with E-state index in [9.17, 15) is 5.11 Å². The molecule has 0 radical (unpaired) electrons. The van der Waals surface area contributed by atoms with Crippen LogP contribution in [0.5, 0.6) is 0 Å². The molecule has 0 aliphatic carbocycles. The van der Waals surface area contributed by atoms with Crippen molar-refractivity contribution in [2.75, 3.05) is 0 Å². The van der Waals surface area contributed by atoms with E-state index in [-0.39, 0.29) is 0 Å². The minimum atomic E-state index is -1.22. The monoisotopic (exact) mass is 246 g/mol. The minimum Gasteiger partial charge on any atom is -0.373 e. The molecule has 1 heterocycles. The summed E-state index contributed by atoms with van der Waals surface area (Å²) in [4.78, 5) is 7.94. The van der Waals surface area contributed by atoms with Gasteiger partial charge in [0.15, 0.2) is 5.60 Å². The van der Waals surface area contributed by atoms with Crippen LogP contribution in [0.3, 0.4) is 0 Å². The molecule has 3 heteroatoms. The van der Waals surface area contributed by atoms with E-state index in [4.69, 9.17) is 0 Å². The fraction of sp³-hybridized carbons (Fsp3) is 0.600. The van der Waals surface area contributed by atoms with Crippen LogP contribution in [-0.2, 0) is 5.60 Å². The Labute approximate surface area is 110 Å². The molecule has 1 aromatic rings. The summed E-state index contributed by atoms with van der Waals surface area (Å²) >= 11 is 0. The molecule has 0 fully saturated rings. The number of nitrogens with zero attached hydrogens (tertiary/aromatic N) is 2. The van der Waals surface area contributed by atoms with Gasteiger partial charge in [-0.05, 0) is 5.92 Å². The van der Waals surface area contributed by atoms with Gasteiger partial charge in [0, 0.05) is 29.8 Å². The average Bonchev–Trinajstić information content (AvgIpc) is 2.28. The summed E-state index contributed by atoms with van der Waals surface area (Å²) in [7, 11) is 0. The number of hydrogen-bond acceptors (Lipinski definition) is 3. The predicted molar refractivity (Wildman–Crippen MR) is 72.6 cm³/mol. The number of hydrogen-bond donors (Lipinski definition) is 1. The highest BCUT2D eigenvalue weighted by atomic mass is 16.3. The van der Waals surface area contributed by atoms with Crippen LogP contribution in [0.25, 0.3) is 0 Å². The highest BCUT2D eigenvalue weighted by Gasteiger charge is 2.40. The molecule has 3 nitrogen and oxygen atoms in total. The third-order valence-corrected chi connectivity index (χ3v) is 2.84. The van der Waals surface area contributed by atoms with E-state index in [0.29, 0.717) is 11.5 Å². The fourth-order valence-electron chi connectivity index (χ4n) is 1.56. The molecule has 0 aromatic carbocycles. The second kappa shape index (κ2) is 5.49. The molecule has 18 heavy (non-hydrogen) atoms. The first-order chi connectivity index (χ1) is 8.27. The molecular formula is C15H22N2O. The second-order valence-electron chi connectivity index (χ2n) is 5.99. The molecule has 1 N–H and O–H groups in total. The maximum absolute atomic E-state index is 10.9. The van der Waals surface area contributed by atoms with Crippen molar-refractivity contribution in [3.05, 3.63) is 24.3 Å². The van der Waals surface area contributed by atoms with Crippen LogP contribution in [0.1, 0.15) is 46.6 Å². The Morgan fingerprint density at radius 1 is 1.22 bits per heavy atom. The number of aliphatic hydroxyl groups is 1. The van der Waals surface area contributed by atoms with Crippen molar-refractivity contribution in [3.8, 4) is 11.8 Å². The Morgan fingerprint density at radius 3 is 2.22 bits per heavy atom. The van der Waals surface area contributed by atoms with Gasteiger partial charge >= 0.3 is 0 Å². The zero-order valence-electron chi connectivity index (χ0n) is 11.9. The largest absolute Gasteiger partial charge is 0.373 e. The summed E-state index contributed by atoms with van der Waals surface area (Å²) in [6, 6.07) is 0. The van der Waals surface area contributed by atoms with Crippen LogP contribution in [0.4, 0.5) is 0 Å². The van der Waals surface area contributed by atoms with Gasteiger partial charge in [0.05, 0.1) is 0 Å². The van der Waals surface area contributed by atoms with E-state index in [1.165, 1.54) is 6.33 Å². The van der Waals surface area contributed by atoms with E-state index in [1.807, 2.05) is 20.8 Å². The lowest BCUT2D eigenvalue weighted by molar-refractivity contribution is -0.00969.